The second-order valence-corrected chi connectivity index (χ2v) is 12.5. The van der Waals surface area contributed by atoms with E-state index in [1.54, 1.807) is 34.6 Å². The predicted molar refractivity (Wildman–Crippen MR) is 136 cm³/mol. The average molecular weight is 525 g/mol. The van der Waals surface area contributed by atoms with Crippen LogP contribution in [0.1, 0.15) is 53.4 Å². The zero-order valence-electron chi connectivity index (χ0n) is 19.3. The summed E-state index contributed by atoms with van der Waals surface area (Å²) in [4.78, 5) is 12.9. The number of aliphatic hydroxyl groups is 1. The number of rotatable bonds is 5. The first-order valence-electron chi connectivity index (χ1n) is 11.6. The van der Waals surface area contributed by atoms with Crippen molar-refractivity contribution in [3.63, 3.8) is 0 Å². The lowest BCUT2D eigenvalue weighted by Gasteiger charge is -2.39. The summed E-state index contributed by atoms with van der Waals surface area (Å²) < 4.78 is 29.2. The fourth-order valence-corrected chi connectivity index (χ4v) is 7.73. The minimum atomic E-state index is -3.64. The van der Waals surface area contributed by atoms with E-state index < -0.39 is 21.2 Å². The molecule has 0 bridgehead atoms. The Hall–Kier alpha value is -1.64. The van der Waals surface area contributed by atoms with Gasteiger partial charge in [-0.2, -0.15) is 0 Å². The van der Waals surface area contributed by atoms with Crippen molar-refractivity contribution in [2.75, 3.05) is 25.0 Å². The largest absolute Gasteiger partial charge is 0.396 e. The molecule has 2 N–H and O–H groups in total. The third-order valence-electron chi connectivity index (χ3n) is 7.27. The molecule has 0 aromatic heterocycles. The summed E-state index contributed by atoms with van der Waals surface area (Å²) in [5, 5.41) is 12.4. The van der Waals surface area contributed by atoms with Gasteiger partial charge in [-0.1, -0.05) is 49.2 Å². The third-order valence-corrected chi connectivity index (χ3v) is 10.1. The maximum Gasteiger partial charge on any atom is 0.258 e. The monoisotopic (exact) mass is 524 g/mol. The van der Waals surface area contributed by atoms with Gasteiger partial charge in [0.25, 0.3) is 5.91 Å². The average Bonchev–Trinajstić information content (AvgIpc) is 2.79. The van der Waals surface area contributed by atoms with Crippen LogP contribution in [0.15, 0.2) is 36.4 Å². The van der Waals surface area contributed by atoms with Crippen LogP contribution in [0.3, 0.4) is 0 Å². The molecule has 2 aromatic carbocycles. The van der Waals surface area contributed by atoms with Crippen molar-refractivity contribution in [1.82, 2.24) is 4.31 Å². The molecule has 1 amide bonds. The Bertz CT molecular complexity index is 1170. The van der Waals surface area contributed by atoms with E-state index >= 15 is 0 Å². The van der Waals surface area contributed by atoms with Crippen LogP contribution in [0.5, 0.6) is 0 Å². The fourth-order valence-electron chi connectivity index (χ4n) is 4.95. The lowest BCUT2D eigenvalue weighted by Crippen LogP contribution is -2.45. The number of carbonyl (C=O) groups excluding carboxylic acids is 1. The highest BCUT2D eigenvalue weighted by molar-refractivity contribution is 7.89. The van der Waals surface area contributed by atoms with E-state index in [1.165, 1.54) is 0 Å². The smallest absolute Gasteiger partial charge is 0.258 e. The lowest BCUT2D eigenvalue weighted by atomic mass is 9.83. The van der Waals surface area contributed by atoms with E-state index in [0.717, 1.165) is 12.0 Å². The van der Waals surface area contributed by atoms with Gasteiger partial charge in [0.15, 0.2) is 0 Å². The van der Waals surface area contributed by atoms with Gasteiger partial charge in [-0.25, -0.2) is 12.7 Å². The molecule has 1 aliphatic carbocycles. The summed E-state index contributed by atoms with van der Waals surface area (Å²) in [5.41, 5.74) is 2.21. The Morgan fingerprint density at radius 2 is 1.85 bits per heavy atom. The van der Waals surface area contributed by atoms with Gasteiger partial charge >= 0.3 is 0 Å². The molecule has 2 aromatic rings. The Kier molecular flexibility index (Phi) is 7.60. The molecule has 184 valence electrons. The van der Waals surface area contributed by atoms with Gasteiger partial charge in [-0.3, -0.25) is 4.79 Å². The first-order valence-corrected chi connectivity index (χ1v) is 13.9. The Morgan fingerprint density at radius 1 is 1.15 bits per heavy atom. The minimum absolute atomic E-state index is 0.0671. The topological polar surface area (TPSA) is 86.7 Å². The Balaban J connectivity index is 1.66. The molecule has 6 nitrogen and oxygen atoms in total. The quantitative estimate of drug-likeness (QED) is 0.566. The number of halogens is 2. The van der Waals surface area contributed by atoms with Gasteiger partial charge in [0, 0.05) is 25.4 Å². The molecule has 9 heteroatoms. The highest BCUT2D eigenvalue weighted by Gasteiger charge is 2.41. The normalized spacial score (nSPS) is 25.6. The highest BCUT2D eigenvalue weighted by Crippen LogP contribution is 2.42. The number of piperidine rings is 1. The van der Waals surface area contributed by atoms with E-state index in [9.17, 15) is 18.3 Å². The van der Waals surface area contributed by atoms with Gasteiger partial charge in [0.05, 0.1) is 15.6 Å². The molecule has 34 heavy (non-hydrogen) atoms. The molecule has 1 saturated heterocycles. The van der Waals surface area contributed by atoms with E-state index in [1.807, 2.05) is 6.07 Å². The van der Waals surface area contributed by atoms with E-state index in [2.05, 4.69) is 19.2 Å². The summed E-state index contributed by atoms with van der Waals surface area (Å²) >= 11 is 12.4. The molecule has 0 saturated carbocycles. The zero-order chi connectivity index (χ0) is 24.6. The summed E-state index contributed by atoms with van der Waals surface area (Å²) in [6.07, 6.45) is 1.77. The van der Waals surface area contributed by atoms with Crippen molar-refractivity contribution in [3.8, 4) is 0 Å². The minimum Gasteiger partial charge on any atom is -0.396 e. The lowest BCUT2D eigenvalue weighted by molar-refractivity contribution is 0.102. The summed E-state index contributed by atoms with van der Waals surface area (Å²) in [6.45, 7) is 5.19. The SMILES string of the molecule is CC1CCN(S(=O)(=O)C2CC(CO)Cc3ccc(NC(=O)c4c(Cl)cccc4Cl)cc32)CC1C. The van der Waals surface area contributed by atoms with Gasteiger partial charge in [0.2, 0.25) is 10.0 Å². The summed E-state index contributed by atoms with van der Waals surface area (Å²) in [7, 11) is -3.64. The highest BCUT2D eigenvalue weighted by atomic mass is 35.5. The van der Waals surface area contributed by atoms with Crippen molar-refractivity contribution in [3.05, 3.63) is 63.1 Å². The van der Waals surface area contributed by atoms with Crippen LogP contribution in [0.4, 0.5) is 5.69 Å². The van der Waals surface area contributed by atoms with Crippen LogP contribution in [0.2, 0.25) is 10.0 Å². The van der Waals surface area contributed by atoms with Crippen LogP contribution >= 0.6 is 23.2 Å². The molecule has 1 aliphatic heterocycles. The number of aliphatic hydroxyl groups excluding tert-OH is 1. The number of fused-ring (bicyclic) bond motifs is 1. The number of nitrogens with one attached hydrogen (secondary N) is 1. The Labute approximate surface area is 211 Å². The van der Waals surface area contributed by atoms with Crippen LogP contribution in [0.25, 0.3) is 0 Å². The molecule has 1 heterocycles. The first kappa shape index (κ1) is 25.5. The van der Waals surface area contributed by atoms with Crippen LogP contribution in [-0.2, 0) is 16.4 Å². The molecule has 1 fully saturated rings. The van der Waals surface area contributed by atoms with Crippen LogP contribution in [0, 0.1) is 17.8 Å². The second-order valence-electron chi connectivity index (χ2n) is 9.59. The van der Waals surface area contributed by atoms with E-state index in [-0.39, 0.29) is 34.1 Å². The number of benzene rings is 2. The molecule has 0 radical (unpaired) electrons. The van der Waals surface area contributed by atoms with Crippen molar-refractivity contribution < 1.29 is 18.3 Å². The van der Waals surface area contributed by atoms with E-state index in [0.29, 0.717) is 43.1 Å². The van der Waals surface area contributed by atoms with Crippen molar-refractivity contribution in [2.45, 2.75) is 38.4 Å². The molecule has 4 unspecified atom stereocenters. The van der Waals surface area contributed by atoms with Gasteiger partial charge < -0.3 is 10.4 Å². The van der Waals surface area contributed by atoms with Crippen LogP contribution < -0.4 is 5.32 Å². The predicted octanol–water partition coefficient (Wildman–Crippen LogP) is 5.15. The standard InChI is InChI=1S/C25H30Cl2N2O4S/c1-15-8-9-29(13-16(15)2)34(32,33)23-11-17(14-30)10-18-6-7-19(12-20(18)23)28-25(31)24-21(26)4-3-5-22(24)27/h3-7,12,15-17,23,30H,8-11,13-14H2,1-2H3,(H,28,31). The molecular formula is C25H30Cl2N2O4S. The second kappa shape index (κ2) is 10.2. The van der Waals surface area contributed by atoms with Crippen molar-refractivity contribution in [2.24, 2.45) is 17.8 Å². The Morgan fingerprint density at radius 3 is 2.50 bits per heavy atom. The third kappa shape index (κ3) is 5.00. The molecule has 2 aliphatic rings. The summed E-state index contributed by atoms with van der Waals surface area (Å²) in [6, 6.07) is 10.2. The number of hydrogen-bond acceptors (Lipinski definition) is 4. The fraction of sp³-hybridized carbons (Fsp3) is 0.480. The molecule has 0 spiro atoms. The number of carbonyl (C=O) groups is 1. The van der Waals surface area contributed by atoms with Gasteiger partial charge in [-0.15, -0.1) is 0 Å². The van der Waals surface area contributed by atoms with E-state index in [4.69, 9.17) is 23.2 Å². The summed E-state index contributed by atoms with van der Waals surface area (Å²) in [5.74, 6) is 0.175. The van der Waals surface area contributed by atoms with Crippen molar-refractivity contribution in [1.29, 1.82) is 0 Å². The molecule has 4 rings (SSSR count). The number of hydrogen-bond donors (Lipinski definition) is 2. The maximum atomic E-state index is 13.8. The number of anilines is 1. The molecule has 4 atom stereocenters. The number of amides is 1. The van der Waals surface area contributed by atoms with Gasteiger partial charge in [0.1, 0.15) is 5.25 Å². The zero-order valence-corrected chi connectivity index (χ0v) is 21.6. The van der Waals surface area contributed by atoms with Crippen molar-refractivity contribution >= 4 is 44.8 Å². The number of nitrogens with zero attached hydrogens (tertiary/aromatic N) is 1. The molecular weight excluding hydrogens is 495 g/mol. The number of sulfonamides is 1. The first-order chi connectivity index (χ1) is 16.1. The maximum absolute atomic E-state index is 13.8. The van der Waals surface area contributed by atoms with Crippen LogP contribution in [-0.4, -0.2) is 43.4 Å². The van der Waals surface area contributed by atoms with Gasteiger partial charge in [-0.05, 0) is 72.4 Å².